The summed E-state index contributed by atoms with van der Waals surface area (Å²) in [5, 5.41) is 0. The second kappa shape index (κ2) is 5.25. The molecule has 78 valence electrons. The molecule has 0 spiro atoms. The third-order valence-electron chi connectivity index (χ3n) is 2.45. The fourth-order valence-corrected chi connectivity index (χ4v) is 1.43. The van der Waals surface area contributed by atoms with Crippen LogP contribution in [0, 0.1) is 0 Å². The number of hydrogen-bond donors (Lipinski definition) is 0. The summed E-state index contributed by atoms with van der Waals surface area (Å²) in [7, 11) is 0. The molecule has 0 radical (unpaired) electrons. The van der Waals surface area contributed by atoms with Crippen molar-refractivity contribution in [2.75, 3.05) is 0 Å². The zero-order chi connectivity index (χ0) is 11.3. The van der Waals surface area contributed by atoms with E-state index in [0.717, 1.165) is 28.6 Å². The van der Waals surface area contributed by atoms with Gasteiger partial charge in [-0.3, -0.25) is 9.78 Å². The molecule has 0 saturated carbocycles. The molecule has 0 atom stereocenters. The maximum atomic E-state index is 10.7. The summed E-state index contributed by atoms with van der Waals surface area (Å²) in [6.45, 7) is 5.75. The van der Waals surface area contributed by atoms with Crippen molar-refractivity contribution in [2.45, 2.75) is 20.8 Å². The molecule has 0 N–H and O–H groups in total. The van der Waals surface area contributed by atoms with Gasteiger partial charge in [-0.1, -0.05) is 6.08 Å². The van der Waals surface area contributed by atoms with E-state index in [0.29, 0.717) is 0 Å². The van der Waals surface area contributed by atoms with Gasteiger partial charge in [0.15, 0.2) is 0 Å². The first-order valence-corrected chi connectivity index (χ1v) is 4.90. The van der Waals surface area contributed by atoms with E-state index in [1.165, 1.54) is 0 Å². The highest BCUT2D eigenvalue weighted by Gasteiger charge is 2.04. The molecule has 1 rings (SSSR count). The number of allylic oxidation sites excluding steroid dienone is 4. The number of carbonyl (C=O) groups excluding carboxylic acids is 1. The van der Waals surface area contributed by atoms with Crippen LogP contribution in [0.4, 0.5) is 0 Å². The van der Waals surface area contributed by atoms with Gasteiger partial charge in [0.1, 0.15) is 6.29 Å². The Morgan fingerprint density at radius 1 is 1.27 bits per heavy atom. The first kappa shape index (κ1) is 11.4. The second-order valence-corrected chi connectivity index (χ2v) is 3.36. The molecule has 1 heterocycles. The predicted octanol–water partition coefficient (Wildman–Crippen LogP) is 3.02. The van der Waals surface area contributed by atoms with Crippen molar-refractivity contribution in [1.29, 1.82) is 0 Å². The molecule has 0 amide bonds. The van der Waals surface area contributed by atoms with Crippen molar-refractivity contribution >= 4 is 11.9 Å². The lowest BCUT2D eigenvalue weighted by molar-refractivity contribution is -0.104. The molecule has 0 aromatic carbocycles. The molecular weight excluding hydrogens is 186 g/mol. The molecular formula is C13H15NO. The van der Waals surface area contributed by atoms with E-state index < -0.39 is 0 Å². The fourth-order valence-electron chi connectivity index (χ4n) is 1.43. The molecule has 0 aliphatic rings. The average molecular weight is 201 g/mol. The Morgan fingerprint density at radius 3 is 2.33 bits per heavy atom. The molecule has 0 aliphatic carbocycles. The molecule has 2 nitrogen and oxygen atoms in total. The zero-order valence-corrected chi connectivity index (χ0v) is 9.32. The SMILES string of the molecule is C/C=C(\C(C)=C(/C)C=O)c1ccncc1. The summed E-state index contributed by atoms with van der Waals surface area (Å²) in [5.74, 6) is 0. The Hall–Kier alpha value is -1.70. The Labute approximate surface area is 90.4 Å². The van der Waals surface area contributed by atoms with Crippen LogP contribution in [0.5, 0.6) is 0 Å². The molecule has 0 fully saturated rings. The highest BCUT2D eigenvalue weighted by molar-refractivity contribution is 5.86. The van der Waals surface area contributed by atoms with E-state index in [-0.39, 0.29) is 0 Å². The maximum absolute atomic E-state index is 10.7. The average Bonchev–Trinajstić information content (AvgIpc) is 2.30. The molecule has 2 heteroatoms. The van der Waals surface area contributed by atoms with E-state index in [1.54, 1.807) is 12.4 Å². The molecule has 1 aromatic heterocycles. The summed E-state index contributed by atoms with van der Waals surface area (Å²) in [5.41, 5.74) is 3.95. The number of pyridine rings is 1. The van der Waals surface area contributed by atoms with Crippen LogP contribution in [-0.2, 0) is 4.79 Å². The standard InChI is InChI=1S/C13H15NO/c1-4-13(11(3)10(2)9-15)12-5-7-14-8-6-12/h4-9H,1-3H3/b11-10+,13-4+. The van der Waals surface area contributed by atoms with Crippen LogP contribution in [0.25, 0.3) is 5.57 Å². The predicted molar refractivity (Wildman–Crippen MR) is 62.3 cm³/mol. The van der Waals surface area contributed by atoms with Crippen molar-refractivity contribution in [1.82, 2.24) is 4.98 Å². The molecule has 15 heavy (non-hydrogen) atoms. The van der Waals surface area contributed by atoms with Crippen molar-refractivity contribution in [2.24, 2.45) is 0 Å². The summed E-state index contributed by atoms with van der Waals surface area (Å²) < 4.78 is 0. The van der Waals surface area contributed by atoms with Gasteiger partial charge in [-0.2, -0.15) is 0 Å². The van der Waals surface area contributed by atoms with Gasteiger partial charge in [0.25, 0.3) is 0 Å². The van der Waals surface area contributed by atoms with Crippen LogP contribution in [0.1, 0.15) is 26.3 Å². The number of rotatable bonds is 3. The van der Waals surface area contributed by atoms with Crippen molar-refractivity contribution in [3.63, 3.8) is 0 Å². The van der Waals surface area contributed by atoms with E-state index >= 15 is 0 Å². The first-order chi connectivity index (χ1) is 7.20. The van der Waals surface area contributed by atoms with E-state index in [2.05, 4.69) is 4.98 Å². The van der Waals surface area contributed by atoms with Gasteiger partial charge >= 0.3 is 0 Å². The van der Waals surface area contributed by atoms with Crippen LogP contribution < -0.4 is 0 Å². The van der Waals surface area contributed by atoms with E-state index in [4.69, 9.17) is 0 Å². The van der Waals surface area contributed by atoms with Crippen LogP contribution in [0.15, 0.2) is 41.7 Å². The maximum Gasteiger partial charge on any atom is 0.146 e. The molecule has 0 bridgehead atoms. The molecule has 1 aromatic rings. The fraction of sp³-hybridized carbons (Fsp3) is 0.231. The highest BCUT2D eigenvalue weighted by Crippen LogP contribution is 2.23. The largest absolute Gasteiger partial charge is 0.298 e. The Bertz CT molecular complexity index is 402. The number of aromatic nitrogens is 1. The quantitative estimate of drug-likeness (QED) is 0.427. The van der Waals surface area contributed by atoms with Gasteiger partial charge in [0.2, 0.25) is 0 Å². The lowest BCUT2D eigenvalue weighted by Gasteiger charge is -2.08. The third kappa shape index (κ3) is 2.62. The van der Waals surface area contributed by atoms with Gasteiger partial charge < -0.3 is 0 Å². The van der Waals surface area contributed by atoms with Crippen LogP contribution >= 0.6 is 0 Å². The van der Waals surface area contributed by atoms with Crippen molar-refractivity contribution in [3.8, 4) is 0 Å². The molecule has 0 unspecified atom stereocenters. The second-order valence-electron chi connectivity index (χ2n) is 3.36. The van der Waals surface area contributed by atoms with Gasteiger partial charge in [0, 0.05) is 12.4 Å². The third-order valence-corrected chi connectivity index (χ3v) is 2.45. The topological polar surface area (TPSA) is 30.0 Å². The summed E-state index contributed by atoms with van der Waals surface area (Å²) in [6, 6.07) is 3.88. The molecule has 0 aliphatic heterocycles. The van der Waals surface area contributed by atoms with E-state index in [1.807, 2.05) is 39.0 Å². The van der Waals surface area contributed by atoms with Crippen molar-refractivity contribution in [3.05, 3.63) is 47.3 Å². The van der Waals surface area contributed by atoms with Crippen molar-refractivity contribution < 1.29 is 4.79 Å². The normalized spacial score (nSPS) is 13.4. The Kier molecular flexibility index (Phi) is 3.98. The van der Waals surface area contributed by atoms with Gasteiger partial charge in [0.05, 0.1) is 0 Å². The van der Waals surface area contributed by atoms with Gasteiger partial charge in [-0.05, 0) is 55.2 Å². The molecule has 0 saturated heterocycles. The highest BCUT2D eigenvalue weighted by atomic mass is 16.1. The summed E-state index contributed by atoms with van der Waals surface area (Å²) in [4.78, 5) is 14.7. The monoisotopic (exact) mass is 201 g/mol. The summed E-state index contributed by atoms with van der Waals surface area (Å²) in [6.07, 6.45) is 6.41. The minimum absolute atomic E-state index is 0.764. The smallest absolute Gasteiger partial charge is 0.146 e. The Balaban J connectivity index is 3.18. The lowest BCUT2D eigenvalue weighted by atomic mass is 9.96. The lowest BCUT2D eigenvalue weighted by Crippen LogP contribution is -1.91. The van der Waals surface area contributed by atoms with E-state index in [9.17, 15) is 4.79 Å². The number of aldehydes is 1. The minimum Gasteiger partial charge on any atom is -0.298 e. The zero-order valence-electron chi connectivity index (χ0n) is 9.32. The van der Waals surface area contributed by atoms with Gasteiger partial charge in [-0.15, -0.1) is 0 Å². The number of nitrogens with zero attached hydrogens (tertiary/aromatic N) is 1. The van der Waals surface area contributed by atoms with Crippen LogP contribution in [0.3, 0.4) is 0 Å². The minimum atomic E-state index is 0.764. The first-order valence-electron chi connectivity index (χ1n) is 4.90. The number of hydrogen-bond acceptors (Lipinski definition) is 2. The van der Waals surface area contributed by atoms with Crippen LogP contribution in [0.2, 0.25) is 0 Å². The Morgan fingerprint density at radius 2 is 1.87 bits per heavy atom. The summed E-state index contributed by atoms with van der Waals surface area (Å²) >= 11 is 0. The van der Waals surface area contributed by atoms with Crippen LogP contribution in [-0.4, -0.2) is 11.3 Å². The van der Waals surface area contributed by atoms with Gasteiger partial charge in [-0.25, -0.2) is 0 Å². The number of carbonyl (C=O) groups is 1.